The van der Waals surface area contributed by atoms with Gasteiger partial charge in [-0.15, -0.1) is 0 Å². The lowest BCUT2D eigenvalue weighted by Gasteiger charge is -2.07. The van der Waals surface area contributed by atoms with Crippen molar-refractivity contribution in [3.05, 3.63) is 59.4 Å². The fourth-order valence-corrected chi connectivity index (χ4v) is 1.60. The van der Waals surface area contributed by atoms with Crippen LogP contribution in [0, 0.1) is 12.7 Å². The number of hydrogen-bond donors (Lipinski definition) is 0. The molecule has 0 atom stereocenters. The topological polar surface area (TPSA) is 9.23 Å². The van der Waals surface area contributed by atoms with Gasteiger partial charge < -0.3 is 4.74 Å². The summed E-state index contributed by atoms with van der Waals surface area (Å²) in [5.74, 6) is 1.03. The van der Waals surface area contributed by atoms with E-state index < -0.39 is 0 Å². The number of benzene rings is 2. The van der Waals surface area contributed by atoms with Crippen LogP contribution in [-0.2, 0) is 6.42 Å². The van der Waals surface area contributed by atoms with E-state index in [4.69, 9.17) is 4.74 Å². The van der Waals surface area contributed by atoms with E-state index in [0.717, 1.165) is 12.2 Å². The minimum Gasteiger partial charge on any atom is -0.457 e. The van der Waals surface area contributed by atoms with Crippen LogP contribution < -0.4 is 4.74 Å². The molecule has 0 N–H and O–H groups in total. The Morgan fingerprint density at radius 3 is 2.53 bits per heavy atom. The van der Waals surface area contributed by atoms with Crippen LogP contribution in [0.4, 0.5) is 4.39 Å². The van der Waals surface area contributed by atoms with Gasteiger partial charge in [0, 0.05) is 6.07 Å². The van der Waals surface area contributed by atoms with Gasteiger partial charge >= 0.3 is 0 Å². The highest BCUT2D eigenvalue weighted by Crippen LogP contribution is 2.24. The molecular weight excluding hydrogens is 215 g/mol. The minimum absolute atomic E-state index is 0.242. The summed E-state index contributed by atoms with van der Waals surface area (Å²) >= 11 is 0. The van der Waals surface area contributed by atoms with Crippen LogP contribution in [0.1, 0.15) is 18.1 Å². The van der Waals surface area contributed by atoms with Crippen LogP contribution in [0.15, 0.2) is 42.5 Å². The summed E-state index contributed by atoms with van der Waals surface area (Å²) in [6.07, 6.45) is 0.958. The summed E-state index contributed by atoms with van der Waals surface area (Å²) in [4.78, 5) is 0. The maximum atomic E-state index is 13.3. The molecule has 2 aromatic carbocycles. The van der Waals surface area contributed by atoms with Crippen LogP contribution in [0.5, 0.6) is 11.5 Å². The number of ether oxygens (including phenoxy) is 1. The first-order valence-corrected chi connectivity index (χ1v) is 5.72. The fourth-order valence-electron chi connectivity index (χ4n) is 1.60. The molecule has 0 saturated heterocycles. The molecule has 2 heteroatoms. The predicted molar refractivity (Wildman–Crippen MR) is 67.0 cm³/mol. The second-order valence-corrected chi connectivity index (χ2v) is 4.01. The number of rotatable bonds is 3. The maximum absolute atomic E-state index is 13.3. The standard InChI is InChI=1S/C15H15FO/c1-3-12-5-4-6-13(9-12)17-14-8-7-11(2)15(16)10-14/h4-10H,3H2,1-2H3. The average molecular weight is 230 g/mol. The Balaban J connectivity index is 2.22. The lowest BCUT2D eigenvalue weighted by molar-refractivity contribution is 0.475. The zero-order chi connectivity index (χ0) is 12.3. The zero-order valence-corrected chi connectivity index (χ0v) is 10.0. The Morgan fingerprint density at radius 1 is 1.06 bits per heavy atom. The van der Waals surface area contributed by atoms with Gasteiger partial charge in [0.15, 0.2) is 0 Å². The van der Waals surface area contributed by atoms with Gasteiger partial charge in [-0.3, -0.25) is 0 Å². The van der Waals surface area contributed by atoms with Gasteiger partial charge in [0.2, 0.25) is 0 Å². The van der Waals surface area contributed by atoms with Gasteiger partial charge in [-0.2, -0.15) is 0 Å². The van der Waals surface area contributed by atoms with Crippen LogP contribution >= 0.6 is 0 Å². The van der Waals surface area contributed by atoms with Crippen LogP contribution in [0.2, 0.25) is 0 Å². The number of hydrogen-bond acceptors (Lipinski definition) is 1. The quantitative estimate of drug-likeness (QED) is 0.755. The molecule has 0 saturated carbocycles. The predicted octanol–water partition coefficient (Wildman–Crippen LogP) is 4.49. The summed E-state index contributed by atoms with van der Waals surface area (Å²) in [5.41, 5.74) is 1.83. The average Bonchev–Trinajstić information content (AvgIpc) is 2.34. The lowest BCUT2D eigenvalue weighted by Crippen LogP contribution is -1.88. The Kier molecular flexibility index (Phi) is 3.43. The van der Waals surface area contributed by atoms with Gasteiger partial charge in [-0.05, 0) is 42.7 Å². The lowest BCUT2D eigenvalue weighted by atomic mass is 10.1. The van der Waals surface area contributed by atoms with Crippen molar-refractivity contribution in [1.29, 1.82) is 0 Å². The number of halogens is 1. The molecule has 0 heterocycles. The largest absolute Gasteiger partial charge is 0.457 e. The van der Waals surface area contributed by atoms with Crippen molar-refractivity contribution >= 4 is 0 Å². The molecule has 17 heavy (non-hydrogen) atoms. The fraction of sp³-hybridized carbons (Fsp3) is 0.200. The van der Waals surface area contributed by atoms with Crippen molar-refractivity contribution in [2.24, 2.45) is 0 Å². The summed E-state index contributed by atoms with van der Waals surface area (Å²) < 4.78 is 19.0. The van der Waals surface area contributed by atoms with E-state index in [9.17, 15) is 4.39 Å². The van der Waals surface area contributed by atoms with Crippen LogP contribution in [0.3, 0.4) is 0 Å². The van der Waals surface area contributed by atoms with Gasteiger partial charge in [0.25, 0.3) is 0 Å². The summed E-state index contributed by atoms with van der Waals surface area (Å²) in [6, 6.07) is 12.7. The molecule has 0 aliphatic rings. The molecule has 0 aliphatic carbocycles. The molecule has 1 nitrogen and oxygen atoms in total. The monoisotopic (exact) mass is 230 g/mol. The normalized spacial score (nSPS) is 10.3. The minimum atomic E-state index is -0.242. The van der Waals surface area contributed by atoms with E-state index in [2.05, 4.69) is 6.92 Å². The molecule has 88 valence electrons. The van der Waals surface area contributed by atoms with E-state index in [1.165, 1.54) is 11.6 Å². The Hall–Kier alpha value is -1.83. The molecule has 0 radical (unpaired) electrons. The van der Waals surface area contributed by atoms with Gasteiger partial charge in [0.1, 0.15) is 17.3 Å². The number of aryl methyl sites for hydroxylation is 2. The van der Waals surface area contributed by atoms with Gasteiger partial charge in [-0.25, -0.2) is 4.39 Å². The highest BCUT2D eigenvalue weighted by atomic mass is 19.1. The highest BCUT2D eigenvalue weighted by molar-refractivity contribution is 5.35. The second-order valence-electron chi connectivity index (χ2n) is 4.01. The molecule has 0 bridgehead atoms. The SMILES string of the molecule is CCc1cccc(Oc2ccc(C)c(F)c2)c1. The van der Waals surface area contributed by atoms with Crippen LogP contribution in [-0.4, -0.2) is 0 Å². The van der Waals surface area contributed by atoms with Crippen molar-refractivity contribution in [2.75, 3.05) is 0 Å². The van der Waals surface area contributed by atoms with E-state index in [0.29, 0.717) is 11.3 Å². The summed E-state index contributed by atoms with van der Waals surface area (Å²) in [5, 5.41) is 0. The molecule has 2 aromatic rings. The third-order valence-corrected chi connectivity index (χ3v) is 2.69. The molecule has 0 aromatic heterocycles. The third kappa shape index (κ3) is 2.84. The van der Waals surface area contributed by atoms with Crippen LogP contribution in [0.25, 0.3) is 0 Å². The van der Waals surface area contributed by atoms with Gasteiger partial charge in [-0.1, -0.05) is 25.1 Å². The first-order chi connectivity index (χ1) is 8.19. The van der Waals surface area contributed by atoms with Crippen molar-refractivity contribution in [3.63, 3.8) is 0 Å². The van der Waals surface area contributed by atoms with Gasteiger partial charge in [0.05, 0.1) is 0 Å². The third-order valence-electron chi connectivity index (χ3n) is 2.69. The summed E-state index contributed by atoms with van der Waals surface area (Å²) in [7, 11) is 0. The van der Waals surface area contributed by atoms with Crippen molar-refractivity contribution < 1.29 is 9.13 Å². The Morgan fingerprint density at radius 2 is 1.82 bits per heavy atom. The zero-order valence-electron chi connectivity index (χ0n) is 10.0. The first kappa shape index (κ1) is 11.6. The molecule has 0 spiro atoms. The molecule has 0 fully saturated rings. The molecular formula is C15H15FO. The van der Waals surface area contributed by atoms with Crippen molar-refractivity contribution in [1.82, 2.24) is 0 Å². The van der Waals surface area contributed by atoms with E-state index in [1.807, 2.05) is 24.3 Å². The molecule has 0 aliphatic heterocycles. The maximum Gasteiger partial charge on any atom is 0.130 e. The summed E-state index contributed by atoms with van der Waals surface area (Å²) in [6.45, 7) is 3.82. The molecule has 0 unspecified atom stereocenters. The van der Waals surface area contributed by atoms with Crippen molar-refractivity contribution in [2.45, 2.75) is 20.3 Å². The highest BCUT2D eigenvalue weighted by Gasteiger charge is 2.02. The molecule has 0 amide bonds. The van der Waals surface area contributed by atoms with E-state index in [1.54, 1.807) is 19.1 Å². The molecule has 2 rings (SSSR count). The van der Waals surface area contributed by atoms with Crippen molar-refractivity contribution in [3.8, 4) is 11.5 Å². The second kappa shape index (κ2) is 5.00. The first-order valence-electron chi connectivity index (χ1n) is 5.72. The Labute approximate surface area is 101 Å². The van der Waals surface area contributed by atoms with E-state index in [-0.39, 0.29) is 5.82 Å². The van der Waals surface area contributed by atoms with E-state index >= 15 is 0 Å². The Bertz CT molecular complexity index is 520. The smallest absolute Gasteiger partial charge is 0.130 e.